The summed E-state index contributed by atoms with van der Waals surface area (Å²) in [5.41, 5.74) is -0.225. The van der Waals surface area contributed by atoms with Gasteiger partial charge in [0.05, 0.1) is 12.0 Å². The lowest BCUT2D eigenvalue weighted by atomic mass is 9.69. The van der Waals surface area contributed by atoms with Crippen molar-refractivity contribution in [2.45, 2.75) is 61.3 Å². The van der Waals surface area contributed by atoms with Crippen LogP contribution in [0.1, 0.15) is 61.3 Å². The molecule has 0 aromatic rings. The lowest BCUT2D eigenvalue weighted by Gasteiger charge is -2.36. The highest BCUT2D eigenvalue weighted by molar-refractivity contribution is 5.75. The van der Waals surface area contributed by atoms with Gasteiger partial charge in [-0.3, -0.25) is 4.79 Å². The van der Waals surface area contributed by atoms with Gasteiger partial charge in [-0.25, -0.2) is 0 Å². The van der Waals surface area contributed by atoms with Crippen LogP contribution in [0.25, 0.3) is 0 Å². The van der Waals surface area contributed by atoms with Gasteiger partial charge < -0.3 is 4.74 Å². The second-order valence-corrected chi connectivity index (χ2v) is 6.34. The fourth-order valence-electron chi connectivity index (χ4n) is 1.81. The first kappa shape index (κ1) is 15.5. The molecule has 0 bridgehead atoms. The summed E-state index contributed by atoms with van der Waals surface area (Å²) in [7, 11) is 0. The van der Waals surface area contributed by atoms with E-state index in [4.69, 9.17) is 4.74 Å². The van der Waals surface area contributed by atoms with Gasteiger partial charge in [0.25, 0.3) is 0 Å². The normalized spacial score (nSPS) is 13.0. The summed E-state index contributed by atoms with van der Waals surface area (Å²) in [5.74, 6) is 0.494. The van der Waals surface area contributed by atoms with Crippen LogP contribution in [0, 0.1) is 16.7 Å². The van der Waals surface area contributed by atoms with Crippen LogP contribution in [0.3, 0.4) is 0 Å². The molecule has 0 saturated heterocycles. The molecule has 0 aliphatic rings. The van der Waals surface area contributed by atoms with Crippen molar-refractivity contribution in [3.8, 4) is 0 Å². The zero-order valence-electron chi connectivity index (χ0n) is 12.0. The third-order valence-corrected chi connectivity index (χ3v) is 3.45. The van der Waals surface area contributed by atoms with Crippen molar-refractivity contribution in [2.75, 3.05) is 6.61 Å². The summed E-state index contributed by atoms with van der Waals surface area (Å²) in [5, 5.41) is 0. The molecular weight excluding hydrogens is 200 g/mol. The Bertz CT molecular complexity index is 227. The van der Waals surface area contributed by atoms with Crippen molar-refractivity contribution in [2.24, 2.45) is 16.7 Å². The molecule has 0 fully saturated rings. The second-order valence-electron chi connectivity index (χ2n) is 6.34. The van der Waals surface area contributed by atoms with Crippen LogP contribution in [-0.4, -0.2) is 12.6 Å². The van der Waals surface area contributed by atoms with E-state index in [1.54, 1.807) is 0 Å². The number of rotatable bonds is 6. The Balaban J connectivity index is 4.49. The molecule has 0 unspecified atom stereocenters. The number of hydrogen-bond donors (Lipinski definition) is 0. The lowest BCUT2D eigenvalue weighted by Crippen LogP contribution is -2.34. The standard InChI is InChI=1S/C14H28O2/c1-8-9-16-12(15)14(6,7)10-13(4,5)11(2)3/h11H,8-10H2,1-7H3. The predicted octanol–water partition coefficient (Wildman–Crippen LogP) is 4.04. The molecule has 0 aromatic heterocycles. The molecule has 0 saturated carbocycles. The number of esters is 1. The molecular formula is C14H28O2. The summed E-state index contributed by atoms with van der Waals surface area (Å²) in [6, 6.07) is 0. The Hall–Kier alpha value is -0.530. The van der Waals surface area contributed by atoms with Crippen molar-refractivity contribution < 1.29 is 9.53 Å². The zero-order chi connectivity index (χ0) is 13.0. The van der Waals surface area contributed by atoms with E-state index >= 15 is 0 Å². The van der Waals surface area contributed by atoms with E-state index in [0.29, 0.717) is 12.5 Å². The minimum absolute atomic E-state index is 0.0666. The Morgan fingerprint density at radius 3 is 2.06 bits per heavy atom. The van der Waals surface area contributed by atoms with Crippen LogP contribution in [0.15, 0.2) is 0 Å². The number of ether oxygens (including phenoxy) is 1. The van der Waals surface area contributed by atoms with Crippen LogP contribution < -0.4 is 0 Å². The SMILES string of the molecule is CCCOC(=O)C(C)(C)CC(C)(C)C(C)C. The van der Waals surface area contributed by atoms with Gasteiger partial charge in [-0.2, -0.15) is 0 Å². The number of carbonyl (C=O) groups excluding carboxylic acids is 1. The van der Waals surface area contributed by atoms with E-state index < -0.39 is 0 Å². The molecule has 0 atom stereocenters. The minimum Gasteiger partial charge on any atom is -0.465 e. The van der Waals surface area contributed by atoms with Crippen molar-refractivity contribution in [3.63, 3.8) is 0 Å². The summed E-state index contributed by atoms with van der Waals surface area (Å²) in [4.78, 5) is 11.9. The third kappa shape index (κ3) is 4.54. The first-order valence-corrected chi connectivity index (χ1v) is 6.30. The van der Waals surface area contributed by atoms with Gasteiger partial charge >= 0.3 is 5.97 Å². The van der Waals surface area contributed by atoms with Crippen molar-refractivity contribution in [1.29, 1.82) is 0 Å². The number of carbonyl (C=O) groups is 1. The monoisotopic (exact) mass is 228 g/mol. The van der Waals surface area contributed by atoms with Gasteiger partial charge in [0.2, 0.25) is 0 Å². The minimum atomic E-state index is -0.386. The van der Waals surface area contributed by atoms with E-state index in [2.05, 4.69) is 27.7 Å². The zero-order valence-corrected chi connectivity index (χ0v) is 12.0. The summed E-state index contributed by atoms with van der Waals surface area (Å²) < 4.78 is 5.24. The molecule has 0 aromatic carbocycles. The largest absolute Gasteiger partial charge is 0.465 e. The number of hydrogen-bond acceptors (Lipinski definition) is 2. The third-order valence-electron chi connectivity index (χ3n) is 3.45. The molecule has 0 rings (SSSR count). The van der Waals surface area contributed by atoms with Gasteiger partial charge in [-0.1, -0.05) is 34.6 Å². The Labute approximate surface area is 101 Å². The molecule has 0 spiro atoms. The fourth-order valence-corrected chi connectivity index (χ4v) is 1.81. The second kappa shape index (κ2) is 5.70. The van der Waals surface area contributed by atoms with E-state index in [1.807, 2.05) is 20.8 Å². The van der Waals surface area contributed by atoms with E-state index in [9.17, 15) is 4.79 Å². The molecule has 16 heavy (non-hydrogen) atoms. The van der Waals surface area contributed by atoms with Crippen LogP contribution in [0.5, 0.6) is 0 Å². The van der Waals surface area contributed by atoms with Crippen molar-refractivity contribution >= 4 is 5.97 Å². The van der Waals surface area contributed by atoms with Crippen molar-refractivity contribution in [1.82, 2.24) is 0 Å². The molecule has 0 heterocycles. The molecule has 0 radical (unpaired) electrons. The van der Waals surface area contributed by atoms with Gasteiger partial charge in [0, 0.05) is 0 Å². The molecule has 0 N–H and O–H groups in total. The highest BCUT2D eigenvalue weighted by atomic mass is 16.5. The molecule has 96 valence electrons. The fraction of sp³-hybridized carbons (Fsp3) is 0.929. The Morgan fingerprint density at radius 2 is 1.69 bits per heavy atom. The van der Waals surface area contributed by atoms with Gasteiger partial charge in [0.1, 0.15) is 0 Å². The average molecular weight is 228 g/mol. The van der Waals surface area contributed by atoms with E-state index in [0.717, 1.165) is 12.8 Å². The maximum atomic E-state index is 11.9. The highest BCUT2D eigenvalue weighted by Crippen LogP contribution is 2.39. The first-order valence-electron chi connectivity index (χ1n) is 6.30. The van der Waals surface area contributed by atoms with Gasteiger partial charge in [-0.15, -0.1) is 0 Å². The molecule has 2 nitrogen and oxygen atoms in total. The quantitative estimate of drug-likeness (QED) is 0.641. The Kier molecular flexibility index (Phi) is 5.51. The smallest absolute Gasteiger partial charge is 0.311 e. The van der Waals surface area contributed by atoms with E-state index in [1.165, 1.54) is 0 Å². The topological polar surface area (TPSA) is 26.3 Å². The van der Waals surface area contributed by atoms with Gasteiger partial charge in [-0.05, 0) is 38.0 Å². The van der Waals surface area contributed by atoms with Crippen LogP contribution in [0.2, 0.25) is 0 Å². The van der Waals surface area contributed by atoms with Crippen LogP contribution in [0.4, 0.5) is 0 Å². The van der Waals surface area contributed by atoms with Gasteiger partial charge in [0.15, 0.2) is 0 Å². The lowest BCUT2D eigenvalue weighted by molar-refractivity contribution is -0.156. The van der Waals surface area contributed by atoms with Crippen LogP contribution >= 0.6 is 0 Å². The molecule has 0 aliphatic heterocycles. The molecule has 0 amide bonds. The summed E-state index contributed by atoms with van der Waals surface area (Å²) in [6.45, 7) is 15.3. The average Bonchev–Trinajstić information content (AvgIpc) is 2.12. The molecule has 2 heteroatoms. The first-order chi connectivity index (χ1) is 7.13. The molecule has 0 aliphatic carbocycles. The maximum absolute atomic E-state index is 11.9. The van der Waals surface area contributed by atoms with E-state index in [-0.39, 0.29) is 16.8 Å². The Morgan fingerprint density at radius 1 is 1.19 bits per heavy atom. The highest BCUT2D eigenvalue weighted by Gasteiger charge is 2.37. The predicted molar refractivity (Wildman–Crippen MR) is 68.3 cm³/mol. The summed E-state index contributed by atoms with van der Waals surface area (Å²) >= 11 is 0. The maximum Gasteiger partial charge on any atom is 0.311 e. The van der Waals surface area contributed by atoms with Crippen molar-refractivity contribution in [3.05, 3.63) is 0 Å². The summed E-state index contributed by atoms with van der Waals surface area (Å²) in [6.07, 6.45) is 1.75. The van der Waals surface area contributed by atoms with Crippen LogP contribution in [-0.2, 0) is 9.53 Å².